The van der Waals surface area contributed by atoms with Crippen LogP contribution in [0, 0.1) is 50.7 Å². The summed E-state index contributed by atoms with van der Waals surface area (Å²) in [4.78, 5) is 51.9. The minimum absolute atomic E-state index is 0.00167. The van der Waals surface area contributed by atoms with E-state index in [1.807, 2.05) is 0 Å². The van der Waals surface area contributed by atoms with E-state index < -0.39 is 34.5 Å². The molecule has 0 radical (unpaired) electrons. The number of carbonyl (C=O) groups excluding carboxylic acids is 3. The number of aliphatic carboxylic acids is 1. The molecule has 8 atom stereocenters. The van der Waals surface area contributed by atoms with Crippen LogP contribution in [0.4, 0.5) is 4.79 Å². The lowest BCUT2D eigenvalue weighted by Gasteiger charge is -2.70. The zero-order valence-electron chi connectivity index (χ0n) is 31.6. The molecule has 0 aromatic rings. The number of nitrogens with two attached hydrogens (primary N) is 1. The molecule has 6 rings (SSSR count). The average molecular weight is 683 g/mol. The minimum Gasteiger partial charge on any atom is -0.481 e. The summed E-state index contributed by atoms with van der Waals surface area (Å²) in [5.74, 6) is -0.473. The van der Waals surface area contributed by atoms with Crippen molar-refractivity contribution in [1.82, 2.24) is 5.32 Å². The molecule has 9 heteroatoms. The molecule has 0 spiro atoms. The van der Waals surface area contributed by atoms with Crippen LogP contribution in [-0.2, 0) is 23.9 Å². The summed E-state index contributed by atoms with van der Waals surface area (Å²) in [6.45, 7) is 19.6. The molecular weight excluding hydrogens is 620 g/mol. The van der Waals surface area contributed by atoms with Gasteiger partial charge >= 0.3 is 18.0 Å². The molecular formula is C40H62N2O7. The molecule has 0 aliphatic heterocycles. The number of fused-ring (bicyclic) bond motifs is 6. The Labute approximate surface area is 293 Å². The molecule has 0 bridgehead atoms. The fourth-order valence-corrected chi connectivity index (χ4v) is 12.2. The Balaban J connectivity index is 1.29. The number of carbonyl (C=O) groups is 4. The van der Waals surface area contributed by atoms with Gasteiger partial charge < -0.3 is 25.6 Å². The molecule has 5 saturated carbocycles. The van der Waals surface area contributed by atoms with E-state index in [-0.39, 0.29) is 58.4 Å². The second-order valence-electron chi connectivity index (χ2n) is 19.5. The van der Waals surface area contributed by atoms with Crippen LogP contribution in [0.5, 0.6) is 0 Å². The number of hydrogen-bond acceptors (Lipinski definition) is 7. The van der Waals surface area contributed by atoms with E-state index in [1.165, 1.54) is 11.1 Å². The number of allylic oxidation sites excluding steroid dienone is 1. The first-order chi connectivity index (χ1) is 22.6. The van der Waals surface area contributed by atoms with Crippen molar-refractivity contribution in [3.63, 3.8) is 0 Å². The van der Waals surface area contributed by atoms with Crippen LogP contribution in [0.1, 0.15) is 139 Å². The summed E-state index contributed by atoms with van der Waals surface area (Å²) >= 11 is 0. The van der Waals surface area contributed by atoms with Crippen molar-refractivity contribution >= 4 is 23.8 Å². The van der Waals surface area contributed by atoms with Gasteiger partial charge in [-0.3, -0.25) is 14.4 Å². The topological polar surface area (TPSA) is 145 Å². The van der Waals surface area contributed by atoms with Gasteiger partial charge in [0.15, 0.2) is 0 Å². The lowest BCUT2D eigenvalue weighted by Crippen LogP contribution is -2.65. The molecule has 4 N–H and O–H groups in total. The van der Waals surface area contributed by atoms with Gasteiger partial charge in [-0.25, -0.2) is 4.79 Å². The number of hydrogen-bond donors (Lipinski definition) is 3. The molecule has 49 heavy (non-hydrogen) atoms. The number of amides is 1. The highest BCUT2D eigenvalue weighted by Gasteiger charge is 2.69. The number of Topliss-reactive ketones (excluding diaryl/α,β-unsaturated/α-hetero) is 1. The maximum Gasteiger partial charge on any atom is 0.407 e. The largest absolute Gasteiger partial charge is 0.481 e. The average Bonchev–Trinajstić information content (AvgIpc) is 3.64. The number of carboxylic acid groups (broad SMARTS) is 1. The first-order valence-electron chi connectivity index (χ1n) is 19.0. The molecule has 274 valence electrons. The first kappa shape index (κ1) is 36.4. The maximum absolute atomic E-state index is 13.9. The van der Waals surface area contributed by atoms with Gasteiger partial charge in [-0.1, -0.05) is 54.0 Å². The summed E-state index contributed by atoms with van der Waals surface area (Å²) in [6, 6.07) is 0. The maximum atomic E-state index is 13.9. The predicted octanol–water partition coefficient (Wildman–Crippen LogP) is 7.35. The minimum atomic E-state index is -1.17. The van der Waals surface area contributed by atoms with Crippen LogP contribution < -0.4 is 11.1 Å². The molecule has 9 nitrogen and oxygen atoms in total. The van der Waals surface area contributed by atoms with E-state index in [2.05, 4.69) is 53.8 Å². The van der Waals surface area contributed by atoms with Crippen molar-refractivity contribution in [3.05, 3.63) is 11.1 Å². The molecule has 6 aliphatic rings. The number of ether oxygens (including phenoxy) is 2. The molecule has 0 heterocycles. The van der Waals surface area contributed by atoms with Gasteiger partial charge in [-0.05, 0) is 118 Å². The molecule has 0 saturated heterocycles. The smallest absolute Gasteiger partial charge is 0.407 e. The summed E-state index contributed by atoms with van der Waals surface area (Å²) in [6.07, 6.45) is 8.54. The number of rotatable bonds is 8. The van der Waals surface area contributed by atoms with Gasteiger partial charge in [0.05, 0.1) is 22.9 Å². The number of nitrogens with one attached hydrogen (secondary N) is 1. The summed E-state index contributed by atoms with van der Waals surface area (Å²) < 4.78 is 11.8. The van der Waals surface area contributed by atoms with Gasteiger partial charge in [-0.2, -0.15) is 0 Å². The van der Waals surface area contributed by atoms with E-state index in [9.17, 15) is 24.3 Å². The predicted molar refractivity (Wildman–Crippen MR) is 186 cm³/mol. The first-order valence-corrected chi connectivity index (χ1v) is 19.0. The third-order valence-corrected chi connectivity index (χ3v) is 15.5. The fourth-order valence-electron chi connectivity index (χ4n) is 12.2. The zero-order valence-corrected chi connectivity index (χ0v) is 31.6. The Hall–Kier alpha value is -2.42. The van der Waals surface area contributed by atoms with Crippen molar-refractivity contribution in [2.24, 2.45) is 56.5 Å². The number of esters is 1. The molecule has 5 fully saturated rings. The van der Waals surface area contributed by atoms with Crippen LogP contribution >= 0.6 is 0 Å². The Morgan fingerprint density at radius 2 is 1.63 bits per heavy atom. The monoisotopic (exact) mass is 682 g/mol. The second-order valence-corrected chi connectivity index (χ2v) is 19.5. The third-order valence-electron chi connectivity index (χ3n) is 15.5. The van der Waals surface area contributed by atoms with Crippen LogP contribution in [0.3, 0.4) is 0 Å². The van der Waals surface area contributed by atoms with Crippen molar-refractivity contribution < 1.29 is 33.8 Å². The number of carboxylic acids is 1. The molecule has 0 aromatic carbocycles. The van der Waals surface area contributed by atoms with Crippen LogP contribution in [0.15, 0.2) is 11.1 Å². The number of alkyl carbamates (subject to hydrolysis) is 1. The van der Waals surface area contributed by atoms with Crippen LogP contribution in [-0.4, -0.2) is 52.7 Å². The van der Waals surface area contributed by atoms with Crippen molar-refractivity contribution in [2.75, 3.05) is 6.61 Å². The van der Waals surface area contributed by atoms with E-state index in [4.69, 9.17) is 15.2 Å². The highest BCUT2D eigenvalue weighted by molar-refractivity contribution is 5.92. The SMILES string of the molecule is CC(C)C1C(=O)C[C@]2(NC(=O)OCC3(N)CC3)CC[C@]3(C)C(=C12)CCC1[C@@]2(C)CC[C@H](OC(=O)CC(C)(C)C(=O)O)C(C)(C)C2CC[C@]13C. The molecule has 6 aliphatic carbocycles. The van der Waals surface area contributed by atoms with Crippen molar-refractivity contribution in [2.45, 2.75) is 157 Å². The zero-order chi connectivity index (χ0) is 36.2. The lowest BCUT2D eigenvalue weighted by molar-refractivity contribution is -0.214. The van der Waals surface area contributed by atoms with E-state index in [0.717, 1.165) is 64.2 Å². The summed E-state index contributed by atoms with van der Waals surface area (Å²) in [5, 5.41) is 12.9. The second kappa shape index (κ2) is 11.5. The Morgan fingerprint density at radius 1 is 0.959 bits per heavy atom. The molecule has 1 amide bonds. The van der Waals surface area contributed by atoms with Gasteiger partial charge in [0.2, 0.25) is 0 Å². The van der Waals surface area contributed by atoms with Gasteiger partial charge in [0.25, 0.3) is 0 Å². The fraction of sp³-hybridized carbons (Fsp3) is 0.850. The molecule has 3 unspecified atom stereocenters. The molecule has 0 aromatic heterocycles. The van der Waals surface area contributed by atoms with Crippen LogP contribution in [0.2, 0.25) is 0 Å². The van der Waals surface area contributed by atoms with Gasteiger partial charge in [-0.15, -0.1) is 0 Å². The van der Waals surface area contributed by atoms with Gasteiger partial charge in [0, 0.05) is 17.8 Å². The highest BCUT2D eigenvalue weighted by atomic mass is 16.6. The quantitative estimate of drug-likeness (QED) is 0.178. The van der Waals surface area contributed by atoms with Crippen LogP contribution in [0.25, 0.3) is 0 Å². The van der Waals surface area contributed by atoms with Crippen molar-refractivity contribution in [3.8, 4) is 0 Å². The van der Waals surface area contributed by atoms with Crippen molar-refractivity contribution in [1.29, 1.82) is 0 Å². The van der Waals surface area contributed by atoms with Gasteiger partial charge in [0.1, 0.15) is 18.5 Å². The standard InChI is InChI=1S/C40H62N2O7/c1-23(2)30-25(43)20-40(42-33(47)48-22-39(41)17-18-39)19-16-37(8)24(31(30)40)10-11-27-36(7)14-13-28(49-29(44)21-34(3,4)32(45)46)35(5,6)26(36)12-15-38(27,37)9/h23,26-28,30H,10-22,41H2,1-9H3,(H,42,47)(H,45,46)/t26?,27?,28-,30?,36-,37+,38+,40+/m0/s1. The normalized spacial score (nSPS) is 40.4. The Morgan fingerprint density at radius 3 is 2.24 bits per heavy atom. The number of ketones is 1. The summed E-state index contributed by atoms with van der Waals surface area (Å²) in [5.41, 5.74) is 6.21. The third kappa shape index (κ3) is 5.58. The van der Waals surface area contributed by atoms with E-state index in [1.54, 1.807) is 13.8 Å². The highest BCUT2D eigenvalue weighted by Crippen LogP contribution is 2.75. The summed E-state index contributed by atoms with van der Waals surface area (Å²) in [7, 11) is 0. The Bertz CT molecular complexity index is 1460. The van der Waals surface area contributed by atoms with E-state index in [0.29, 0.717) is 18.3 Å². The lowest BCUT2D eigenvalue weighted by atomic mass is 9.34. The van der Waals surface area contributed by atoms with E-state index >= 15 is 0 Å². The Kier molecular flexibility index (Phi) is 8.57.